The summed E-state index contributed by atoms with van der Waals surface area (Å²) in [6.07, 6.45) is 3.80. The Balaban J connectivity index is 1.64. The van der Waals surface area contributed by atoms with Gasteiger partial charge in [0, 0.05) is 11.8 Å². The highest BCUT2D eigenvalue weighted by Crippen LogP contribution is 2.43. The zero-order valence-electron chi connectivity index (χ0n) is 11.9. The largest absolute Gasteiger partial charge is 0.510 e. The molecule has 1 saturated carbocycles. The Kier molecular flexibility index (Phi) is 3.26. The summed E-state index contributed by atoms with van der Waals surface area (Å²) in [5.74, 6) is -0.0877. The minimum absolute atomic E-state index is 0.0504. The predicted octanol–water partition coefficient (Wildman–Crippen LogP) is 4.54. The van der Waals surface area contributed by atoms with Gasteiger partial charge in [-0.05, 0) is 25.0 Å². The van der Waals surface area contributed by atoms with Crippen molar-refractivity contribution in [2.75, 3.05) is 0 Å². The molecule has 22 heavy (non-hydrogen) atoms. The summed E-state index contributed by atoms with van der Waals surface area (Å²) in [4.78, 5) is 16.7. The third-order valence-corrected chi connectivity index (χ3v) is 5.37. The average molecular weight is 313 g/mol. The monoisotopic (exact) mass is 313 g/mol. The number of aliphatic hydroxyl groups is 1. The van der Waals surface area contributed by atoms with E-state index in [-0.39, 0.29) is 29.1 Å². The SMILES string of the molecule is O=C1C(N=Nc2nc3ccccc3s2)=C(O)C2CCCCC12. The molecular formula is C16H15N3O2S. The second-order valence-electron chi connectivity index (χ2n) is 5.76. The smallest absolute Gasteiger partial charge is 0.231 e. The number of hydrogen-bond acceptors (Lipinski definition) is 6. The summed E-state index contributed by atoms with van der Waals surface area (Å²) in [7, 11) is 0. The lowest BCUT2D eigenvalue weighted by molar-refractivity contribution is -0.120. The molecule has 0 bridgehead atoms. The fourth-order valence-corrected chi connectivity index (χ4v) is 4.13. The topological polar surface area (TPSA) is 74.9 Å². The van der Waals surface area contributed by atoms with Gasteiger partial charge in [-0.25, -0.2) is 4.98 Å². The second-order valence-corrected chi connectivity index (χ2v) is 6.77. The van der Waals surface area contributed by atoms with E-state index >= 15 is 0 Å². The number of thiazole rings is 1. The Morgan fingerprint density at radius 3 is 2.68 bits per heavy atom. The van der Waals surface area contributed by atoms with Gasteiger partial charge in [0.15, 0.2) is 11.5 Å². The van der Waals surface area contributed by atoms with Crippen molar-refractivity contribution >= 4 is 32.5 Å². The van der Waals surface area contributed by atoms with Crippen molar-refractivity contribution in [2.24, 2.45) is 22.1 Å². The van der Waals surface area contributed by atoms with Crippen molar-refractivity contribution in [3.05, 3.63) is 35.7 Å². The van der Waals surface area contributed by atoms with Crippen LogP contribution in [-0.2, 0) is 4.79 Å². The van der Waals surface area contributed by atoms with Gasteiger partial charge >= 0.3 is 0 Å². The van der Waals surface area contributed by atoms with Crippen LogP contribution in [0.5, 0.6) is 0 Å². The maximum Gasteiger partial charge on any atom is 0.231 e. The molecule has 6 heteroatoms. The first-order valence-corrected chi connectivity index (χ1v) is 8.30. The highest BCUT2D eigenvalue weighted by molar-refractivity contribution is 7.21. The Bertz CT molecular complexity index is 776. The van der Waals surface area contributed by atoms with Crippen LogP contribution in [0.4, 0.5) is 5.13 Å². The van der Waals surface area contributed by atoms with Gasteiger partial charge in [0.1, 0.15) is 5.76 Å². The fourth-order valence-electron chi connectivity index (χ4n) is 3.35. The lowest BCUT2D eigenvalue weighted by Gasteiger charge is -2.23. The van der Waals surface area contributed by atoms with E-state index < -0.39 is 0 Å². The van der Waals surface area contributed by atoms with Gasteiger partial charge in [-0.15, -0.1) is 10.2 Å². The van der Waals surface area contributed by atoms with E-state index in [4.69, 9.17) is 0 Å². The average Bonchev–Trinajstić information content (AvgIpc) is 3.06. The van der Waals surface area contributed by atoms with Crippen LogP contribution in [0.15, 0.2) is 46.0 Å². The molecule has 0 aliphatic heterocycles. The lowest BCUT2D eigenvalue weighted by atomic mass is 9.80. The number of Topliss-reactive ketones (excluding diaryl/α,β-unsaturated/α-hetero) is 1. The number of rotatable bonds is 2. The van der Waals surface area contributed by atoms with E-state index in [9.17, 15) is 9.90 Å². The molecular weight excluding hydrogens is 298 g/mol. The van der Waals surface area contributed by atoms with Crippen LogP contribution in [-0.4, -0.2) is 15.9 Å². The molecule has 0 radical (unpaired) electrons. The summed E-state index contributed by atoms with van der Waals surface area (Å²) >= 11 is 1.42. The first kappa shape index (κ1) is 13.6. The number of carbonyl (C=O) groups excluding carboxylic acids is 1. The first-order valence-electron chi connectivity index (χ1n) is 7.48. The van der Waals surface area contributed by atoms with Crippen LogP contribution < -0.4 is 0 Å². The molecule has 2 aromatic rings. The lowest BCUT2D eigenvalue weighted by Crippen LogP contribution is -2.21. The molecule has 0 spiro atoms. The molecule has 0 saturated heterocycles. The van der Waals surface area contributed by atoms with Crippen LogP contribution in [0, 0.1) is 11.8 Å². The maximum atomic E-state index is 12.4. The van der Waals surface area contributed by atoms with Gasteiger partial charge < -0.3 is 5.11 Å². The number of benzene rings is 1. The Hall–Kier alpha value is -2.08. The number of aromatic nitrogens is 1. The van der Waals surface area contributed by atoms with E-state index in [1.165, 1.54) is 11.3 Å². The van der Waals surface area contributed by atoms with E-state index in [1.807, 2.05) is 24.3 Å². The van der Waals surface area contributed by atoms with E-state index in [0.717, 1.165) is 35.9 Å². The molecule has 2 atom stereocenters. The molecule has 1 fully saturated rings. The fraction of sp³-hybridized carbons (Fsp3) is 0.375. The normalized spacial score (nSPS) is 25.4. The van der Waals surface area contributed by atoms with Crippen molar-refractivity contribution < 1.29 is 9.90 Å². The first-order chi connectivity index (χ1) is 10.7. The maximum absolute atomic E-state index is 12.4. The molecule has 1 heterocycles. The van der Waals surface area contributed by atoms with Gasteiger partial charge in [0.25, 0.3) is 0 Å². The van der Waals surface area contributed by atoms with Gasteiger partial charge in [0.2, 0.25) is 5.13 Å². The highest BCUT2D eigenvalue weighted by atomic mass is 32.1. The number of fused-ring (bicyclic) bond motifs is 2. The Morgan fingerprint density at radius 2 is 1.91 bits per heavy atom. The molecule has 2 aliphatic rings. The quantitative estimate of drug-likeness (QED) is 0.827. The number of nitrogens with zero attached hydrogens (tertiary/aromatic N) is 3. The van der Waals surface area contributed by atoms with Crippen molar-refractivity contribution in [3.8, 4) is 0 Å². The van der Waals surface area contributed by atoms with Crippen molar-refractivity contribution in [1.29, 1.82) is 0 Å². The number of para-hydroxylation sites is 1. The third kappa shape index (κ3) is 2.14. The molecule has 0 amide bonds. The van der Waals surface area contributed by atoms with Crippen LogP contribution in [0.3, 0.4) is 0 Å². The van der Waals surface area contributed by atoms with Gasteiger partial charge in [0.05, 0.1) is 10.2 Å². The van der Waals surface area contributed by atoms with Gasteiger partial charge in [-0.2, -0.15) is 0 Å². The van der Waals surface area contributed by atoms with Gasteiger partial charge in [-0.1, -0.05) is 36.3 Å². The van der Waals surface area contributed by atoms with Crippen molar-refractivity contribution in [2.45, 2.75) is 25.7 Å². The van der Waals surface area contributed by atoms with Crippen LogP contribution in [0.25, 0.3) is 10.2 Å². The Morgan fingerprint density at radius 1 is 1.14 bits per heavy atom. The van der Waals surface area contributed by atoms with E-state index in [0.29, 0.717) is 5.13 Å². The molecule has 1 aromatic carbocycles. The summed E-state index contributed by atoms with van der Waals surface area (Å²) in [5.41, 5.74) is 1.00. The summed E-state index contributed by atoms with van der Waals surface area (Å²) < 4.78 is 1.03. The predicted molar refractivity (Wildman–Crippen MR) is 84.2 cm³/mol. The van der Waals surface area contributed by atoms with Gasteiger partial charge in [-0.3, -0.25) is 4.79 Å². The van der Waals surface area contributed by atoms with Crippen LogP contribution in [0.2, 0.25) is 0 Å². The number of hydrogen-bond donors (Lipinski definition) is 1. The summed E-state index contributed by atoms with van der Waals surface area (Å²) in [6.45, 7) is 0. The molecule has 5 nitrogen and oxygen atoms in total. The number of azo groups is 1. The van der Waals surface area contributed by atoms with Crippen LogP contribution in [0.1, 0.15) is 25.7 Å². The third-order valence-electron chi connectivity index (χ3n) is 4.45. The summed E-state index contributed by atoms with van der Waals surface area (Å²) in [5, 5.41) is 18.9. The van der Waals surface area contributed by atoms with E-state index in [2.05, 4.69) is 15.2 Å². The Labute approximate surface area is 131 Å². The zero-order chi connectivity index (χ0) is 15.1. The minimum atomic E-state index is -0.0990. The number of aliphatic hydroxyl groups excluding tert-OH is 1. The van der Waals surface area contributed by atoms with Crippen molar-refractivity contribution in [3.63, 3.8) is 0 Å². The number of allylic oxidation sites excluding steroid dienone is 2. The zero-order valence-corrected chi connectivity index (χ0v) is 12.7. The molecule has 2 unspecified atom stereocenters. The standard InChI is InChI=1S/C16H15N3O2S/c20-14-9-5-1-2-6-10(9)15(21)13(14)18-19-16-17-11-7-3-4-8-12(11)22-16/h3-4,7-10,20H,1-2,5-6H2. The van der Waals surface area contributed by atoms with E-state index in [1.54, 1.807) is 0 Å². The second kappa shape index (κ2) is 5.28. The van der Waals surface area contributed by atoms with Crippen LogP contribution >= 0.6 is 11.3 Å². The molecule has 4 rings (SSSR count). The molecule has 1 aromatic heterocycles. The minimum Gasteiger partial charge on any atom is -0.510 e. The molecule has 2 aliphatic carbocycles. The number of ketones is 1. The molecule has 112 valence electrons. The molecule has 1 N–H and O–H groups in total. The number of carbonyl (C=O) groups is 1. The highest BCUT2D eigenvalue weighted by Gasteiger charge is 2.43. The summed E-state index contributed by atoms with van der Waals surface area (Å²) in [6, 6.07) is 7.75. The van der Waals surface area contributed by atoms with Crippen molar-refractivity contribution in [1.82, 2.24) is 4.98 Å².